The van der Waals surface area contributed by atoms with Crippen LogP contribution in [-0.4, -0.2) is 44.5 Å². The zero-order chi connectivity index (χ0) is 19.0. The molecule has 1 saturated heterocycles. The summed E-state index contributed by atoms with van der Waals surface area (Å²) in [5, 5.41) is 8.62. The van der Waals surface area contributed by atoms with Crippen molar-refractivity contribution in [3.8, 4) is 11.4 Å². The number of hydrogen-bond acceptors (Lipinski definition) is 4. The maximum Gasteiger partial charge on any atom is 0.276 e. The summed E-state index contributed by atoms with van der Waals surface area (Å²) in [7, 11) is 0. The summed E-state index contributed by atoms with van der Waals surface area (Å²) < 4.78 is 6.39. The lowest BCUT2D eigenvalue weighted by atomic mass is 9.83. The molecular formula is C22H22N4O2. The minimum Gasteiger partial charge on any atom is -0.487 e. The fraction of sp³-hybridized carbons (Fsp3) is 0.318. The monoisotopic (exact) mass is 374 g/mol. The Labute approximate surface area is 163 Å². The summed E-state index contributed by atoms with van der Waals surface area (Å²) in [4.78, 5) is 16.3. The first-order chi connectivity index (χ1) is 13.7. The molecule has 1 spiro atoms. The Balaban J connectivity index is 1.26. The van der Waals surface area contributed by atoms with Gasteiger partial charge in [-0.1, -0.05) is 36.4 Å². The molecule has 0 unspecified atom stereocenters. The van der Waals surface area contributed by atoms with E-state index < -0.39 is 0 Å². The molecule has 0 aliphatic carbocycles. The first-order valence-corrected chi connectivity index (χ1v) is 9.76. The van der Waals surface area contributed by atoms with Crippen LogP contribution in [0, 0.1) is 0 Å². The second-order valence-electron chi connectivity index (χ2n) is 7.54. The molecule has 6 nitrogen and oxygen atoms in total. The second-order valence-corrected chi connectivity index (χ2v) is 7.54. The quantitative estimate of drug-likeness (QED) is 0.691. The van der Waals surface area contributed by atoms with Crippen molar-refractivity contribution in [3.63, 3.8) is 0 Å². The second kappa shape index (κ2) is 6.78. The Morgan fingerprint density at radius 2 is 1.71 bits per heavy atom. The summed E-state index contributed by atoms with van der Waals surface area (Å²) in [6.07, 6.45) is 5.29. The number of likely N-dealkylation sites (tertiary alicyclic amines) is 1. The molecule has 2 aromatic carbocycles. The molecule has 1 fully saturated rings. The Morgan fingerprint density at radius 1 is 0.964 bits per heavy atom. The Kier molecular flexibility index (Phi) is 4.11. The highest BCUT2D eigenvalue weighted by atomic mass is 16.5. The number of fused-ring (bicyclic) bond motifs is 1. The van der Waals surface area contributed by atoms with E-state index in [0.717, 1.165) is 37.1 Å². The van der Waals surface area contributed by atoms with Gasteiger partial charge in [-0.2, -0.15) is 9.90 Å². The minimum atomic E-state index is -0.146. The average Bonchev–Trinajstić information content (AvgIpc) is 3.25. The van der Waals surface area contributed by atoms with Crippen LogP contribution in [0.25, 0.3) is 5.69 Å². The van der Waals surface area contributed by atoms with Crippen molar-refractivity contribution in [3.05, 3.63) is 72.1 Å². The highest BCUT2D eigenvalue weighted by Crippen LogP contribution is 2.39. The SMILES string of the molecule is O=C(c1cnn(-c2ccccc2)n1)N1CCC2(CCc3ccccc3O2)CC1. The van der Waals surface area contributed by atoms with Gasteiger partial charge in [0.15, 0.2) is 5.69 Å². The molecule has 3 heterocycles. The van der Waals surface area contributed by atoms with Crippen LogP contribution in [-0.2, 0) is 6.42 Å². The standard InChI is InChI=1S/C22H22N4O2/c27-21(19-16-23-26(24-19)18-7-2-1-3-8-18)25-14-12-22(13-15-25)11-10-17-6-4-5-9-20(17)28-22/h1-9,16H,10-15H2. The number of piperidine rings is 1. The zero-order valence-corrected chi connectivity index (χ0v) is 15.6. The number of para-hydroxylation sites is 2. The largest absolute Gasteiger partial charge is 0.487 e. The summed E-state index contributed by atoms with van der Waals surface area (Å²) in [6, 6.07) is 17.9. The fourth-order valence-electron chi connectivity index (χ4n) is 4.13. The van der Waals surface area contributed by atoms with E-state index >= 15 is 0 Å². The molecule has 2 aliphatic heterocycles. The van der Waals surface area contributed by atoms with Crippen LogP contribution in [0.2, 0.25) is 0 Å². The Hall–Kier alpha value is -3.15. The van der Waals surface area contributed by atoms with Gasteiger partial charge in [-0.05, 0) is 36.6 Å². The number of ether oxygens (including phenoxy) is 1. The number of carbonyl (C=O) groups excluding carboxylic acids is 1. The van der Waals surface area contributed by atoms with Crippen LogP contribution in [0.15, 0.2) is 60.8 Å². The molecule has 5 rings (SSSR count). The van der Waals surface area contributed by atoms with E-state index in [-0.39, 0.29) is 11.5 Å². The van der Waals surface area contributed by atoms with Crippen molar-refractivity contribution in [1.82, 2.24) is 19.9 Å². The highest BCUT2D eigenvalue weighted by Gasteiger charge is 2.40. The summed E-state index contributed by atoms with van der Waals surface area (Å²) in [6.45, 7) is 1.36. The van der Waals surface area contributed by atoms with Gasteiger partial charge in [0, 0.05) is 25.9 Å². The smallest absolute Gasteiger partial charge is 0.276 e. The van der Waals surface area contributed by atoms with E-state index in [2.05, 4.69) is 28.4 Å². The third-order valence-corrected chi connectivity index (χ3v) is 5.81. The number of carbonyl (C=O) groups is 1. The van der Waals surface area contributed by atoms with Crippen LogP contribution in [0.4, 0.5) is 0 Å². The summed E-state index contributed by atoms with van der Waals surface area (Å²) in [5.74, 6) is 0.938. The van der Waals surface area contributed by atoms with Gasteiger partial charge in [-0.15, -0.1) is 5.10 Å². The lowest BCUT2D eigenvalue weighted by Gasteiger charge is -2.44. The van der Waals surface area contributed by atoms with E-state index in [4.69, 9.17) is 4.74 Å². The first kappa shape index (κ1) is 17.0. The van der Waals surface area contributed by atoms with E-state index in [1.165, 1.54) is 10.4 Å². The predicted octanol–water partition coefficient (Wildman–Crippen LogP) is 3.27. The maximum atomic E-state index is 12.9. The average molecular weight is 374 g/mol. The van der Waals surface area contributed by atoms with Crippen molar-refractivity contribution in [2.24, 2.45) is 0 Å². The number of rotatable bonds is 2. The van der Waals surface area contributed by atoms with Crippen LogP contribution >= 0.6 is 0 Å². The molecule has 0 N–H and O–H groups in total. The number of nitrogens with zero attached hydrogens (tertiary/aromatic N) is 4. The van der Waals surface area contributed by atoms with Crippen molar-refractivity contribution in [1.29, 1.82) is 0 Å². The van der Waals surface area contributed by atoms with Gasteiger partial charge in [0.1, 0.15) is 11.4 Å². The number of hydrogen-bond donors (Lipinski definition) is 0. The van der Waals surface area contributed by atoms with E-state index in [0.29, 0.717) is 18.8 Å². The molecule has 142 valence electrons. The highest BCUT2D eigenvalue weighted by molar-refractivity contribution is 5.92. The topological polar surface area (TPSA) is 60.2 Å². The van der Waals surface area contributed by atoms with Gasteiger partial charge in [-0.3, -0.25) is 4.79 Å². The third-order valence-electron chi connectivity index (χ3n) is 5.81. The van der Waals surface area contributed by atoms with Gasteiger partial charge < -0.3 is 9.64 Å². The van der Waals surface area contributed by atoms with Crippen LogP contribution in [0.1, 0.15) is 35.3 Å². The molecule has 0 saturated carbocycles. The molecule has 28 heavy (non-hydrogen) atoms. The summed E-state index contributed by atoms with van der Waals surface area (Å²) >= 11 is 0. The van der Waals surface area contributed by atoms with Gasteiger partial charge in [0.05, 0.1) is 11.9 Å². The Bertz CT molecular complexity index is 991. The fourth-order valence-corrected chi connectivity index (χ4v) is 4.13. The zero-order valence-electron chi connectivity index (χ0n) is 15.6. The van der Waals surface area contributed by atoms with Crippen LogP contribution in [0.5, 0.6) is 5.75 Å². The van der Waals surface area contributed by atoms with Crippen molar-refractivity contribution in [2.75, 3.05) is 13.1 Å². The molecule has 2 aliphatic rings. The minimum absolute atomic E-state index is 0.0618. The molecule has 6 heteroatoms. The molecular weight excluding hydrogens is 352 g/mol. The van der Waals surface area contributed by atoms with E-state index in [9.17, 15) is 4.79 Å². The number of aromatic nitrogens is 3. The molecule has 0 bridgehead atoms. The van der Waals surface area contributed by atoms with Gasteiger partial charge in [-0.25, -0.2) is 0 Å². The van der Waals surface area contributed by atoms with Crippen molar-refractivity contribution < 1.29 is 9.53 Å². The van der Waals surface area contributed by atoms with Crippen LogP contribution in [0.3, 0.4) is 0 Å². The molecule has 1 aromatic heterocycles. The lowest BCUT2D eigenvalue weighted by Crippen LogP contribution is -2.51. The molecule has 0 radical (unpaired) electrons. The number of benzene rings is 2. The normalized spacial score (nSPS) is 17.8. The Morgan fingerprint density at radius 3 is 2.54 bits per heavy atom. The van der Waals surface area contributed by atoms with Gasteiger partial charge in [0.25, 0.3) is 5.91 Å². The van der Waals surface area contributed by atoms with Crippen molar-refractivity contribution in [2.45, 2.75) is 31.3 Å². The van der Waals surface area contributed by atoms with Crippen LogP contribution < -0.4 is 4.74 Å². The predicted molar refractivity (Wildman–Crippen MR) is 105 cm³/mol. The third kappa shape index (κ3) is 3.05. The molecule has 1 amide bonds. The number of aryl methyl sites for hydroxylation is 1. The number of amides is 1. The molecule has 3 aromatic rings. The van der Waals surface area contributed by atoms with E-state index in [1.807, 2.05) is 41.3 Å². The van der Waals surface area contributed by atoms with Gasteiger partial charge >= 0.3 is 0 Å². The first-order valence-electron chi connectivity index (χ1n) is 9.76. The van der Waals surface area contributed by atoms with Crippen molar-refractivity contribution >= 4 is 5.91 Å². The maximum absolute atomic E-state index is 12.9. The lowest BCUT2D eigenvalue weighted by molar-refractivity contribution is -0.0108. The van der Waals surface area contributed by atoms with Gasteiger partial charge in [0.2, 0.25) is 0 Å². The van der Waals surface area contributed by atoms with E-state index in [1.54, 1.807) is 6.20 Å². The summed E-state index contributed by atoms with van der Waals surface area (Å²) in [5.41, 5.74) is 2.36. The molecule has 0 atom stereocenters.